The summed E-state index contributed by atoms with van der Waals surface area (Å²) in [4.78, 5) is 12.4. The minimum absolute atomic E-state index is 0.0941. The largest absolute Gasteiger partial charge is 0.493 e. The Labute approximate surface area is 168 Å². The molecule has 2 aromatic carbocycles. The third-order valence-corrected chi connectivity index (χ3v) is 4.11. The summed E-state index contributed by atoms with van der Waals surface area (Å²) in [7, 11) is 1.43. The van der Waals surface area contributed by atoms with E-state index in [1.165, 1.54) is 19.3 Å². The SMILES string of the molecule is CCc1ccc(NC(=O)/C(C#N)=C/c2cc(Cl)c(OCC#N)c(OC)c2)cc1. The van der Waals surface area contributed by atoms with Crippen molar-refractivity contribution >= 4 is 29.3 Å². The smallest absolute Gasteiger partial charge is 0.266 e. The number of ether oxygens (including phenoxy) is 2. The van der Waals surface area contributed by atoms with Gasteiger partial charge in [-0.1, -0.05) is 30.7 Å². The highest BCUT2D eigenvalue weighted by Crippen LogP contribution is 2.37. The normalized spacial score (nSPS) is 10.5. The fourth-order valence-electron chi connectivity index (χ4n) is 2.41. The van der Waals surface area contributed by atoms with Crippen molar-refractivity contribution in [3.05, 3.63) is 58.1 Å². The van der Waals surface area contributed by atoms with Crippen LogP contribution >= 0.6 is 11.6 Å². The first kappa shape index (κ1) is 20.8. The van der Waals surface area contributed by atoms with Crippen LogP contribution in [0.4, 0.5) is 5.69 Å². The van der Waals surface area contributed by atoms with E-state index in [4.69, 9.17) is 26.3 Å². The van der Waals surface area contributed by atoms with Gasteiger partial charge in [-0.15, -0.1) is 0 Å². The standard InChI is InChI=1S/C21H18ClN3O3/c1-3-14-4-6-17(7-5-14)25-21(26)16(13-24)10-15-11-18(22)20(28-9-8-23)19(12-15)27-2/h4-7,10-12H,3,9H2,1-2H3,(H,25,26)/b16-10+. The highest BCUT2D eigenvalue weighted by molar-refractivity contribution is 6.32. The molecule has 1 N–H and O–H groups in total. The predicted octanol–water partition coefficient (Wildman–Crippen LogP) is 4.36. The maximum atomic E-state index is 12.4. The van der Waals surface area contributed by atoms with Crippen molar-refractivity contribution in [3.8, 4) is 23.6 Å². The minimum atomic E-state index is -0.536. The average molecular weight is 396 g/mol. The number of hydrogen-bond acceptors (Lipinski definition) is 5. The summed E-state index contributed by atoms with van der Waals surface area (Å²) in [6, 6.07) is 14.2. The highest BCUT2D eigenvalue weighted by atomic mass is 35.5. The van der Waals surface area contributed by atoms with Gasteiger partial charge in [0.15, 0.2) is 18.1 Å². The van der Waals surface area contributed by atoms with Crippen molar-refractivity contribution in [1.29, 1.82) is 10.5 Å². The van der Waals surface area contributed by atoms with E-state index in [0.717, 1.165) is 12.0 Å². The van der Waals surface area contributed by atoms with E-state index in [1.54, 1.807) is 18.2 Å². The van der Waals surface area contributed by atoms with E-state index < -0.39 is 5.91 Å². The van der Waals surface area contributed by atoms with Gasteiger partial charge in [0.2, 0.25) is 0 Å². The summed E-state index contributed by atoms with van der Waals surface area (Å²) in [5, 5.41) is 20.9. The van der Waals surface area contributed by atoms with Gasteiger partial charge in [0, 0.05) is 5.69 Å². The second-order valence-corrected chi connectivity index (χ2v) is 6.06. The fraction of sp³-hybridized carbons (Fsp3) is 0.190. The molecular formula is C21H18ClN3O3. The average Bonchev–Trinajstić information content (AvgIpc) is 2.71. The molecule has 1 amide bonds. The van der Waals surface area contributed by atoms with E-state index in [2.05, 4.69) is 5.32 Å². The van der Waals surface area contributed by atoms with E-state index in [1.807, 2.05) is 31.2 Å². The van der Waals surface area contributed by atoms with Crippen molar-refractivity contribution in [2.24, 2.45) is 0 Å². The van der Waals surface area contributed by atoms with Gasteiger partial charge in [-0.25, -0.2) is 0 Å². The van der Waals surface area contributed by atoms with Crippen LogP contribution in [0.5, 0.6) is 11.5 Å². The first-order valence-electron chi connectivity index (χ1n) is 8.41. The first-order chi connectivity index (χ1) is 13.5. The van der Waals surface area contributed by atoms with Crippen molar-refractivity contribution < 1.29 is 14.3 Å². The molecule has 0 aliphatic rings. The van der Waals surface area contributed by atoms with E-state index >= 15 is 0 Å². The summed E-state index contributed by atoms with van der Waals surface area (Å²) >= 11 is 6.19. The third-order valence-electron chi connectivity index (χ3n) is 3.83. The number of halogens is 1. The number of rotatable bonds is 7. The Bertz CT molecular complexity index is 970. The maximum absolute atomic E-state index is 12.4. The lowest BCUT2D eigenvalue weighted by Crippen LogP contribution is -2.13. The molecule has 142 valence electrons. The Balaban J connectivity index is 2.27. The Kier molecular flexibility index (Phi) is 7.45. The zero-order valence-electron chi connectivity index (χ0n) is 15.5. The van der Waals surface area contributed by atoms with Crippen LogP contribution in [0.2, 0.25) is 5.02 Å². The van der Waals surface area contributed by atoms with Gasteiger partial charge in [-0.3, -0.25) is 4.79 Å². The number of nitrogens with one attached hydrogen (secondary N) is 1. The first-order valence-corrected chi connectivity index (χ1v) is 8.79. The number of amides is 1. The van der Waals surface area contributed by atoms with Crippen molar-refractivity contribution in [2.75, 3.05) is 19.0 Å². The molecule has 28 heavy (non-hydrogen) atoms. The molecule has 0 aliphatic heterocycles. The van der Waals surface area contributed by atoms with Crippen LogP contribution < -0.4 is 14.8 Å². The van der Waals surface area contributed by atoms with E-state index in [0.29, 0.717) is 17.0 Å². The molecule has 2 rings (SSSR count). The Hall–Kier alpha value is -3.48. The second kappa shape index (κ2) is 10.0. The molecule has 0 heterocycles. The molecule has 6 nitrogen and oxygen atoms in total. The van der Waals surface area contributed by atoms with Crippen molar-refractivity contribution in [2.45, 2.75) is 13.3 Å². The fourth-order valence-corrected chi connectivity index (χ4v) is 2.68. The number of methoxy groups -OCH3 is 1. The van der Waals surface area contributed by atoms with E-state index in [9.17, 15) is 10.1 Å². The summed E-state index contributed by atoms with van der Waals surface area (Å²) in [6.07, 6.45) is 2.30. The molecule has 0 fully saturated rings. The number of nitrogens with zero attached hydrogens (tertiary/aromatic N) is 2. The number of anilines is 1. The van der Waals surface area contributed by atoms with Gasteiger partial charge in [0.25, 0.3) is 5.91 Å². The van der Waals surface area contributed by atoms with Crippen molar-refractivity contribution in [3.63, 3.8) is 0 Å². The van der Waals surface area contributed by atoms with Crippen LogP contribution in [0.3, 0.4) is 0 Å². The van der Waals surface area contributed by atoms with Crippen LogP contribution in [0.15, 0.2) is 42.0 Å². The maximum Gasteiger partial charge on any atom is 0.266 e. The van der Waals surface area contributed by atoms with Crippen LogP contribution in [-0.4, -0.2) is 19.6 Å². The summed E-state index contributed by atoms with van der Waals surface area (Å²) in [5.74, 6) is -0.0182. The lowest BCUT2D eigenvalue weighted by molar-refractivity contribution is -0.112. The molecular weight excluding hydrogens is 378 g/mol. The van der Waals surface area contributed by atoms with Crippen LogP contribution in [0.25, 0.3) is 6.08 Å². The number of hydrogen-bond donors (Lipinski definition) is 1. The molecule has 0 saturated heterocycles. The quantitative estimate of drug-likeness (QED) is 0.555. The number of benzene rings is 2. The number of carbonyl (C=O) groups is 1. The van der Waals surface area contributed by atoms with Crippen LogP contribution in [-0.2, 0) is 11.2 Å². The topological polar surface area (TPSA) is 95.1 Å². The molecule has 0 aromatic heterocycles. The zero-order chi connectivity index (χ0) is 20.5. The van der Waals surface area contributed by atoms with Gasteiger partial charge < -0.3 is 14.8 Å². The summed E-state index contributed by atoms with van der Waals surface area (Å²) < 4.78 is 10.5. The third kappa shape index (κ3) is 5.26. The summed E-state index contributed by atoms with van der Waals surface area (Å²) in [5.41, 5.74) is 2.14. The van der Waals surface area contributed by atoms with Crippen LogP contribution in [0, 0.1) is 22.7 Å². The molecule has 0 unspecified atom stereocenters. The zero-order valence-corrected chi connectivity index (χ0v) is 16.2. The van der Waals surface area contributed by atoms with Crippen molar-refractivity contribution in [1.82, 2.24) is 0 Å². The van der Waals surface area contributed by atoms with Crippen LogP contribution in [0.1, 0.15) is 18.1 Å². The molecule has 0 aliphatic carbocycles. The van der Waals surface area contributed by atoms with E-state index in [-0.39, 0.29) is 23.0 Å². The monoisotopic (exact) mass is 395 g/mol. The Morgan fingerprint density at radius 2 is 1.96 bits per heavy atom. The molecule has 2 aromatic rings. The predicted molar refractivity (Wildman–Crippen MR) is 107 cm³/mol. The molecule has 0 atom stereocenters. The molecule has 0 bridgehead atoms. The molecule has 0 spiro atoms. The highest BCUT2D eigenvalue weighted by Gasteiger charge is 2.14. The van der Waals surface area contributed by atoms with Gasteiger partial charge in [0.1, 0.15) is 17.7 Å². The Morgan fingerprint density at radius 1 is 1.25 bits per heavy atom. The lowest BCUT2D eigenvalue weighted by Gasteiger charge is -2.11. The van der Waals surface area contributed by atoms with Gasteiger partial charge >= 0.3 is 0 Å². The summed E-state index contributed by atoms with van der Waals surface area (Å²) in [6.45, 7) is 1.86. The lowest BCUT2D eigenvalue weighted by atomic mass is 10.1. The Morgan fingerprint density at radius 3 is 2.54 bits per heavy atom. The van der Waals surface area contributed by atoms with Gasteiger partial charge in [-0.05, 0) is 47.9 Å². The molecule has 0 saturated carbocycles. The van der Waals surface area contributed by atoms with Gasteiger partial charge in [-0.2, -0.15) is 10.5 Å². The number of aryl methyl sites for hydroxylation is 1. The van der Waals surface area contributed by atoms with Gasteiger partial charge in [0.05, 0.1) is 12.1 Å². The number of carbonyl (C=O) groups excluding carboxylic acids is 1. The molecule has 7 heteroatoms. The number of nitriles is 2. The second-order valence-electron chi connectivity index (χ2n) is 5.66. The molecule has 0 radical (unpaired) electrons. The minimum Gasteiger partial charge on any atom is -0.493 e.